The molecule has 166 valence electrons. The molecule has 4 aliphatic rings. The Morgan fingerprint density at radius 3 is 2.69 bits per heavy atom. The summed E-state index contributed by atoms with van der Waals surface area (Å²) in [6, 6.07) is 12.1. The third-order valence-electron chi connectivity index (χ3n) is 8.38. The number of H-pyrrole nitrogens is 1. The number of ether oxygens (including phenoxy) is 1. The molecule has 0 spiro atoms. The van der Waals surface area contributed by atoms with Crippen LogP contribution in [0.3, 0.4) is 0 Å². The summed E-state index contributed by atoms with van der Waals surface area (Å²) in [6.07, 6.45) is 6.64. The van der Waals surface area contributed by atoms with Crippen molar-refractivity contribution in [2.45, 2.75) is 43.7 Å². The van der Waals surface area contributed by atoms with Crippen molar-refractivity contribution in [3.63, 3.8) is 0 Å². The van der Waals surface area contributed by atoms with Gasteiger partial charge < -0.3 is 14.6 Å². The van der Waals surface area contributed by atoms with Crippen LogP contribution in [0.5, 0.6) is 0 Å². The molecule has 6 nitrogen and oxygen atoms in total. The number of fused-ring (bicyclic) bond motifs is 3. The van der Waals surface area contributed by atoms with Crippen LogP contribution in [-0.4, -0.2) is 59.2 Å². The van der Waals surface area contributed by atoms with Crippen molar-refractivity contribution in [3.8, 4) is 0 Å². The molecule has 2 saturated heterocycles. The van der Waals surface area contributed by atoms with Crippen LogP contribution in [-0.2, 0) is 11.2 Å². The lowest BCUT2D eigenvalue weighted by atomic mass is 9.82. The van der Waals surface area contributed by atoms with Crippen molar-refractivity contribution >= 4 is 16.9 Å². The highest BCUT2D eigenvalue weighted by atomic mass is 16.5. The molecule has 3 aromatic rings. The number of hydrogen-bond donors (Lipinski definition) is 1. The van der Waals surface area contributed by atoms with Gasteiger partial charge in [0.05, 0.1) is 24.6 Å². The zero-order chi connectivity index (χ0) is 21.2. The quantitative estimate of drug-likeness (QED) is 0.682. The predicted octanol–water partition coefficient (Wildman–Crippen LogP) is 3.91. The molecule has 3 fully saturated rings. The number of aryl methyl sites for hydroxylation is 1. The zero-order valence-electron chi connectivity index (χ0n) is 18.7. The maximum Gasteiger partial charge on any atom is 0.143 e. The third kappa shape index (κ3) is 3.00. The molecule has 0 bridgehead atoms. The average Bonchev–Trinajstić information content (AvgIpc) is 3.23. The van der Waals surface area contributed by atoms with Crippen LogP contribution in [0.1, 0.15) is 48.0 Å². The average molecular weight is 430 g/mol. The van der Waals surface area contributed by atoms with Crippen LogP contribution < -0.4 is 4.90 Å². The highest BCUT2D eigenvalue weighted by molar-refractivity contribution is 5.88. The fraction of sp³-hybridized carbons (Fsp3) is 0.538. The highest BCUT2D eigenvalue weighted by Crippen LogP contribution is 2.44. The summed E-state index contributed by atoms with van der Waals surface area (Å²) < 4.78 is 5.76. The largest absolute Gasteiger partial charge is 0.381 e. The molecular formula is C26H31N5O. The van der Waals surface area contributed by atoms with E-state index in [9.17, 15) is 0 Å². The van der Waals surface area contributed by atoms with Gasteiger partial charge in [-0.3, -0.25) is 4.90 Å². The maximum absolute atomic E-state index is 5.76. The Kier molecular flexibility index (Phi) is 4.34. The van der Waals surface area contributed by atoms with Gasteiger partial charge in [-0.2, -0.15) is 0 Å². The second kappa shape index (κ2) is 7.29. The fourth-order valence-corrected chi connectivity index (χ4v) is 6.54. The van der Waals surface area contributed by atoms with Crippen molar-refractivity contribution < 1.29 is 4.74 Å². The third-order valence-corrected chi connectivity index (χ3v) is 8.38. The molecule has 0 amide bonds. The number of rotatable bonds is 4. The van der Waals surface area contributed by atoms with Gasteiger partial charge in [0, 0.05) is 43.7 Å². The standard InChI is InChI=1S/C26H31N5O/c1-30(26-21-10-22(17-6-7-17)29-25(21)27-15-28-26)24-20-5-3-2-4-16(20)8-9-23(24)31-11-18-13-32-14-19(18)12-31/h2-5,10,15,17-19,23-24H,6-9,11-14H2,1H3,(H,27,28,29)/t18-,19+,23?,24?. The second-order valence-electron chi connectivity index (χ2n) is 10.3. The van der Waals surface area contributed by atoms with Gasteiger partial charge >= 0.3 is 0 Å². The summed E-state index contributed by atoms with van der Waals surface area (Å²) in [5.41, 5.74) is 5.24. The van der Waals surface area contributed by atoms with E-state index in [4.69, 9.17) is 9.72 Å². The number of likely N-dealkylation sites (N-methyl/N-ethyl adjacent to an activating group) is 1. The minimum absolute atomic E-state index is 0.289. The Labute approximate surface area is 189 Å². The SMILES string of the molecule is CN(c1ncnc2[nH]c(C3CC3)cc12)C1c2ccccc2CCC1N1C[C@H]2COC[C@H]2C1. The Hall–Kier alpha value is -2.44. The monoisotopic (exact) mass is 429 g/mol. The lowest BCUT2D eigenvalue weighted by molar-refractivity contribution is 0.124. The van der Waals surface area contributed by atoms with E-state index in [2.05, 4.69) is 57.1 Å². The number of nitrogens with zero attached hydrogens (tertiary/aromatic N) is 4. The molecule has 1 saturated carbocycles. The minimum Gasteiger partial charge on any atom is -0.381 e. The van der Waals surface area contributed by atoms with Gasteiger partial charge in [-0.25, -0.2) is 9.97 Å². The van der Waals surface area contributed by atoms with Crippen LogP contribution in [0.4, 0.5) is 5.82 Å². The minimum atomic E-state index is 0.289. The van der Waals surface area contributed by atoms with E-state index >= 15 is 0 Å². The Morgan fingerprint density at radius 2 is 1.88 bits per heavy atom. The first-order valence-corrected chi connectivity index (χ1v) is 12.2. The van der Waals surface area contributed by atoms with E-state index in [1.165, 1.54) is 36.1 Å². The zero-order valence-corrected chi connectivity index (χ0v) is 18.7. The van der Waals surface area contributed by atoms with Gasteiger partial charge in [0.2, 0.25) is 0 Å². The van der Waals surface area contributed by atoms with Crippen molar-refractivity contribution in [2.75, 3.05) is 38.3 Å². The van der Waals surface area contributed by atoms with Gasteiger partial charge in [-0.05, 0) is 48.8 Å². The lowest BCUT2D eigenvalue weighted by Gasteiger charge is -2.44. The van der Waals surface area contributed by atoms with Crippen molar-refractivity contribution in [2.24, 2.45) is 11.8 Å². The molecule has 2 aromatic heterocycles. The van der Waals surface area contributed by atoms with E-state index < -0.39 is 0 Å². The van der Waals surface area contributed by atoms with Gasteiger partial charge in [-0.15, -0.1) is 0 Å². The molecule has 6 heteroatoms. The lowest BCUT2D eigenvalue weighted by Crippen LogP contribution is -2.47. The molecule has 1 aromatic carbocycles. The smallest absolute Gasteiger partial charge is 0.143 e. The fourth-order valence-electron chi connectivity index (χ4n) is 6.54. The first kappa shape index (κ1) is 19.1. The van der Waals surface area contributed by atoms with Crippen molar-refractivity contribution in [3.05, 3.63) is 53.5 Å². The summed E-state index contributed by atoms with van der Waals surface area (Å²) in [6.45, 7) is 4.20. The van der Waals surface area contributed by atoms with E-state index in [1.54, 1.807) is 6.33 Å². The molecule has 2 unspecified atom stereocenters. The normalized spacial score (nSPS) is 29.9. The molecule has 4 atom stereocenters. The summed E-state index contributed by atoms with van der Waals surface area (Å²) in [4.78, 5) is 18.2. The summed E-state index contributed by atoms with van der Waals surface area (Å²) in [5, 5.41) is 1.16. The van der Waals surface area contributed by atoms with Gasteiger partial charge in [0.15, 0.2) is 0 Å². The Bertz CT molecular complexity index is 1140. The van der Waals surface area contributed by atoms with E-state index in [1.807, 2.05) is 0 Å². The summed E-state index contributed by atoms with van der Waals surface area (Å²) in [5.74, 6) is 3.13. The number of benzene rings is 1. The molecule has 1 N–H and O–H groups in total. The van der Waals surface area contributed by atoms with Crippen LogP contribution in [0, 0.1) is 11.8 Å². The number of anilines is 1. The number of hydrogen-bond acceptors (Lipinski definition) is 5. The number of nitrogens with one attached hydrogen (secondary N) is 1. The van der Waals surface area contributed by atoms with Crippen molar-refractivity contribution in [1.82, 2.24) is 19.9 Å². The summed E-state index contributed by atoms with van der Waals surface area (Å²) in [7, 11) is 2.24. The van der Waals surface area contributed by atoms with Gasteiger partial charge in [0.1, 0.15) is 17.8 Å². The number of likely N-dealkylation sites (tertiary alicyclic amines) is 1. The molecule has 2 aliphatic carbocycles. The maximum atomic E-state index is 5.76. The number of aromatic nitrogens is 3. The van der Waals surface area contributed by atoms with Crippen LogP contribution in [0.2, 0.25) is 0 Å². The van der Waals surface area contributed by atoms with E-state index in [0.717, 1.165) is 49.6 Å². The first-order chi connectivity index (χ1) is 15.8. The molecule has 0 radical (unpaired) electrons. The topological polar surface area (TPSA) is 57.3 Å². The van der Waals surface area contributed by atoms with Crippen LogP contribution in [0.25, 0.3) is 11.0 Å². The second-order valence-corrected chi connectivity index (χ2v) is 10.3. The van der Waals surface area contributed by atoms with E-state index in [0.29, 0.717) is 23.8 Å². The molecule has 2 aliphatic heterocycles. The van der Waals surface area contributed by atoms with Crippen LogP contribution in [0.15, 0.2) is 36.7 Å². The summed E-state index contributed by atoms with van der Waals surface area (Å²) >= 11 is 0. The first-order valence-electron chi connectivity index (χ1n) is 12.2. The van der Waals surface area contributed by atoms with Gasteiger partial charge in [0.25, 0.3) is 0 Å². The van der Waals surface area contributed by atoms with Gasteiger partial charge in [-0.1, -0.05) is 24.3 Å². The number of aromatic amines is 1. The molecule has 7 rings (SSSR count). The Morgan fingerprint density at radius 1 is 1.06 bits per heavy atom. The molecular weight excluding hydrogens is 398 g/mol. The molecule has 4 heterocycles. The Balaban J connectivity index is 1.29. The van der Waals surface area contributed by atoms with Crippen molar-refractivity contribution in [1.29, 1.82) is 0 Å². The van der Waals surface area contributed by atoms with Crippen LogP contribution >= 0.6 is 0 Å². The predicted molar refractivity (Wildman–Crippen MR) is 125 cm³/mol. The highest BCUT2D eigenvalue weighted by Gasteiger charge is 2.44. The molecule has 32 heavy (non-hydrogen) atoms. The van der Waals surface area contributed by atoms with E-state index in [-0.39, 0.29) is 6.04 Å².